The molecule has 0 aliphatic heterocycles. The highest BCUT2D eigenvalue weighted by Crippen LogP contribution is 2.71. The molecule has 4 saturated carbocycles. The Kier molecular flexibility index (Phi) is 0.781. The first-order valence-corrected chi connectivity index (χ1v) is 5.45. The molecule has 0 saturated heterocycles. The van der Waals surface area contributed by atoms with Crippen LogP contribution in [0.1, 0.15) is 32.1 Å². The quantitative estimate of drug-likeness (QED) is 0.495. The van der Waals surface area contributed by atoms with Gasteiger partial charge in [0.15, 0.2) is 0 Å². The molecule has 0 radical (unpaired) electrons. The Morgan fingerprint density at radius 2 is 1.45 bits per heavy atom. The molecule has 6 atom stereocenters. The van der Waals surface area contributed by atoms with E-state index in [1.807, 2.05) is 0 Å². The molecule has 4 rings (SSSR count). The van der Waals surface area contributed by atoms with E-state index in [-0.39, 0.29) is 0 Å². The van der Waals surface area contributed by atoms with Gasteiger partial charge in [0.25, 0.3) is 0 Å². The van der Waals surface area contributed by atoms with Gasteiger partial charge in [0, 0.05) is 0 Å². The average molecular weight is 148 g/mol. The zero-order chi connectivity index (χ0) is 7.00. The highest BCUT2D eigenvalue weighted by molar-refractivity contribution is 5.12. The smallest absolute Gasteiger partial charge is 0.0321 e. The van der Waals surface area contributed by atoms with Crippen LogP contribution in [0, 0.1) is 35.5 Å². The molecule has 0 aromatic carbocycles. The topological polar surface area (TPSA) is 0 Å². The molecule has 60 valence electrons. The molecule has 4 aliphatic rings. The highest BCUT2D eigenvalue weighted by atomic mass is 14.7. The van der Waals surface area contributed by atoms with Crippen LogP contribution in [0.5, 0.6) is 0 Å². The zero-order valence-corrected chi connectivity index (χ0v) is 7.00. The summed E-state index contributed by atoms with van der Waals surface area (Å²) < 4.78 is 0. The molecular formula is C11H16. The fourth-order valence-corrected chi connectivity index (χ4v) is 4.73. The van der Waals surface area contributed by atoms with Gasteiger partial charge in [-0.15, -0.1) is 0 Å². The lowest BCUT2D eigenvalue weighted by Gasteiger charge is -2.59. The minimum atomic E-state index is 1.22. The largest absolute Gasteiger partial charge is 0.0499 e. The average Bonchev–Trinajstić information content (AvgIpc) is 2.08. The van der Waals surface area contributed by atoms with Gasteiger partial charge in [-0.2, -0.15) is 0 Å². The van der Waals surface area contributed by atoms with Crippen molar-refractivity contribution in [2.75, 3.05) is 0 Å². The van der Waals surface area contributed by atoms with E-state index in [0.717, 1.165) is 0 Å². The summed E-state index contributed by atoms with van der Waals surface area (Å²) >= 11 is 0. The molecule has 0 spiro atoms. The molecule has 0 heterocycles. The normalized spacial score (nSPS) is 69.8. The first kappa shape index (κ1) is 5.61. The van der Waals surface area contributed by atoms with E-state index in [0.29, 0.717) is 0 Å². The first-order valence-electron chi connectivity index (χ1n) is 5.45. The molecular weight excluding hydrogens is 132 g/mol. The van der Waals surface area contributed by atoms with Crippen LogP contribution in [0.4, 0.5) is 0 Å². The maximum Gasteiger partial charge on any atom is -0.0321 e. The second-order valence-electron chi connectivity index (χ2n) is 5.38. The van der Waals surface area contributed by atoms with Crippen molar-refractivity contribution in [3.63, 3.8) is 0 Å². The number of rotatable bonds is 0. The summed E-state index contributed by atoms with van der Waals surface area (Å²) in [4.78, 5) is 0. The van der Waals surface area contributed by atoms with E-state index in [9.17, 15) is 0 Å². The SMILES string of the molecule is C1CC2C1CC1C3CCC3C21. The minimum Gasteiger partial charge on any atom is -0.0499 e. The maximum absolute atomic E-state index is 1.65. The zero-order valence-electron chi connectivity index (χ0n) is 7.00. The molecule has 6 unspecified atom stereocenters. The van der Waals surface area contributed by atoms with E-state index in [1.54, 1.807) is 32.1 Å². The summed E-state index contributed by atoms with van der Waals surface area (Å²) in [7, 11) is 0. The van der Waals surface area contributed by atoms with Crippen molar-refractivity contribution in [1.82, 2.24) is 0 Å². The van der Waals surface area contributed by atoms with Crippen molar-refractivity contribution < 1.29 is 0 Å². The van der Waals surface area contributed by atoms with Gasteiger partial charge in [-0.05, 0) is 67.6 Å². The second kappa shape index (κ2) is 1.53. The second-order valence-corrected chi connectivity index (χ2v) is 5.38. The van der Waals surface area contributed by atoms with Crippen LogP contribution in [0.25, 0.3) is 0 Å². The summed E-state index contributed by atoms with van der Waals surface area (Å²) in [6.07, 6.45) is 8.06. The van der Waals surface area contributed by atoms with Crippen molar-refractivity contribution in [3.8, 4) is 0 Å². The molecule has 11 heavy (non-hydrogen) atoms. The van der Waals surface area contributed by atoms with E-state index in [4.69, 9.17) is 0 Å². The molecule has 0 N–H and O–H groups in total. The van der Waals surface area contributed by atoms with Gasteiger partial charge in [-0.25, -0.2) is 0 Å². The van der Waals surface area contributed by atoms with Gasteiger partial charge < -0.3 is 0 Å². The van der Waals surface area contributed by atoms with Crippen molar-refractivity contribution >= 4 is 0 Å². The maximum atomic E-state index is 1.65. The standard InChI is InChI=1S/C11H16/c1-2-7-6(1)5-10-8-3-4-9(8)11(7)10/h6-11H,1-5H2. The Morgan fingerprint density at radius 3 is 2.09 bits per heavy atom. The van der Waals surface area contributed by atoms with Crippen molar-refractivity contribution in [1.29, 1.82) is 0 Å². The fourth-order valence-electron chi connectivity index (χ4n) is 4.73. The van der Waals surface area contributed by atoms with Crippen molar-refractivity contribution in [3.05, 3.63) is 0 Å². The van der Waals surface area contributed by atoms with Crippen LogP contribution in [-0.2, 0) is 0 Å². The van der Waals surface area contributed by atoms with Crippen molar-refractivity contribution in [2.45, 2.75) is 32.1 Å². The summed E-state index contributed by atoms with van der Waals surface area (Å²) in [5.41, 5.74) is 0. The number of hydrogen-bond donors (Lipinski definition) is 0. The third-order valence-corrected chi connectivity index (χ3v) is 5.47. The number of fused-ring (bicyclic) bond motifs is 6. The van der Waals surface area contributed by atoms with Gasteiger partial charge in [0.1, 0.15) is 0 Å². The molecule has 0 bridgehead atoms. The van der Waals surface area contributed by atoms with Gasteiger partial charge >= 0.3 is 0 Å². The highest BCUT2D eigenvalue weighted by Gasteiger charge is 2.64. The Morgan fingerprint density at radius 1 is 0.636 bits per heavy atom. The molecule has 4 fully saturated rings. The molecule has 0 amide bonds. The molecule has 0 aromatic heterocycles. The van der Waals surface area contributed by atoms with Crippen LogP contribution in [-0.4, -0.2) is 0 Å². The third kappa shape index (κ3) is 0.443. The molecule has 0 aromatic rings. The molecule has 4 aliphatic carbocycles. The van der Waals surface area contributed by atoms with Crippen LogP contribution < -0.4 is 0 Å². The molecule has 0 heteroatoms. The molecule has 0 nitrogen and oxygen atoms in total. The van der Waals surface area contributed by atoms with Gasteiger partial charge in [0.2, 0.25) is 0 Å². The minimum absolute atomic E-state index is 1.22. The Labute approximate surface area is 68.4 Å². The van der Waals surface area contributed by atoms with Gasteiger partial charge in [-0.1, -0.05) is 0 Å². The summed E-state index contributed by atoms with van der Waals surface area (Å²) in [6.45, 7) is 0. The lowest BCUT2D eigenvalue weighted by molar-refractivity contribution is -0.106. The van der Waals surface area contributed by atoms with Crippen LogP contribution in [0.3, 0.4) is 0 Å². The third-order valence-electron chi connectivity index (χ3n) is 5.47. The monoisotopic (exact) mass is 148 g/mol. The van der Waals surface area contributed by atoms with Crippen LogP contribution in [0.15, 0.2) is 0 Å². The fraction of sp³-hybridized carbons (Fsp3) is 1.00. The van der Waals surface area contributed by atoms with E-state index in [1.165, 1.54) is 35.5 Å². The van der Waals surface area contributed by atoms with Crippen molar-refractivity contribution in [2.24, 2.45) is 35.5 Å². The summed E-state index contributed by atoms with van der Waals surface area (Å²) in [6, 6.07) is 0. The Hall–Kier alpha value is 0. The lowest BCUT2D eigenvalue weighted by Crippen LogP contribution is -2.53. The first-order chi connectivity index (χ1) is 5.45. The lowest BCUT2D eigenvalue weighted by atomic mass is 9.46. The van der Waals surface area contributed by atoms with Gasteiger partial charge in [-0.3, -0.25) is 0 Å². The van der Waals surface area contributed by atoms with E-state index >= 15 is 0 Å². The van der Waals surface area contributed by atoms with E-state index in [2.05, 4.69) is 0 Å². The summed E-state index contributed by atoms with van der Waals surface area (Å²) in [5, 5.41) is 0. The predicted octanol–water partition coefficient (Wildman–Crippen LogP) is 2.69. The Balaban J connectivity index is 1.69. The van der Waals surface area contributed by atoms with E-state index < -0.39 is 0 Å². The summed E-state index contributed by atoms with van der Waals surface area (Å²) in [5.74, 6) is 7.44. The Bertz CT molecular complexity index is 208. The predicted molar refractivity (Wildman–Crippen MR) is 44.0 cm³/mol. The van der Waals surface area contributed by atoms with Gasteiger partial charge in [0.05, 0.1) is 0 Å². The number of hydrogen-bond acceptors (Lipinski definition) is 0. The van der Waals surface area contributed by atoms with Crippen LogP contribution >= 0.6 is 0 Å². The van der Waals surface area contributed by atoms with Crippen LogP contribution in [0.2, 0.25) is 0 Å².